The molecule has 114 valence electrons. The molecule has 0 aliphatic carbocycles. The molecule has 0 aromatic heterocycles. The van der Waals surface area contributed by atoms with E-state index in [9.17, 15) is 9.59 Å². The predicted octanol–water partition coefficient (Wildman–Crippen LogP) is 2.84. The van der Waals surface area contributed by atoms with Crippen LogP contribution in [0.1, 0.15) is 26.3 Å². The smallest absolute Gasteiger partial charge is 0.338 e. The van der Waals surface area contributed by atoms with E-state index in [4.69, 9.17) is 9.47 Å². The number of rotatable bonds is 5. The highest BCUT2D eigenvalue weighted by Gasteiger charge is 2.11. The summed E-state index contributed by atoms with van der Waals surface area (Å²) in [5.74, 6) is -0.257. The lowest BCUT2D eigenvalue weighted by Crippen LogP contribution is -2.08. The van der Waals surface area contributed by atoms with Crippen LogP contribution in [0, 0.1) is 0 Å². The van der Waals surface area contributed by atoms with Crippen LogP contribution in [0.2, 0.25) is 0 Å². The lowest BCUT2D eigenvalue weighted by molar-refractivity contribution is 0.0472. The molecular weight excluding hydrogens is 284 g/mol. The largest absolute Gasteiger partial charge is 0.497 e. The van der Waals surface area contributed by atoms with Crippen molar-refractivity contribution >= 4 is 11.9 Å². The zero-order chi connectivity index (χ0) is 15.9. The van der Waals surface area contributed by atoms with Gasteiger partial charge in [-0.25, -0.2) is 9.59 Å². The third kappa shape index (κ3) is 3.85. The standard InChI is InChI=1S/C17H16O5/c1-20-15-8-6-12(7-9-15)11-22-17(19)14-5-3-4-13(10-14)16(18)21-2/h3-10H,11H2,1-2H3. The third-order valence-corrected chi connectivity index (χ3v) is 3.05. The molecule has 0 saturated carbocycles. The van der Waals surface area contributed by atoms with E-state index in [1.807, 2.05) is 12.1 Å². The quantitative estimate of drug-likeness (QED) is 0.795. The summed E-state index contributed by atoms with van der Waals surface area (Å²) in [6.07, 6.45) is 0. The van der Waals surface area contributed by atoms with E-state index in [1.54, 1.807) is 37.4 Å². The zero-order valence-electron chi connectivity index (χ0n) is 12.4. The molecule has 0 heterocycles. The Morgan fingerprint density at radius 1 is 0.909 bits per heavy atom. The molecule has 0 radical (unpaired) electrons. The fourth-order valence-electron chi connectivity index (χ4n) is 1.84. The Morgan fingerprint density at radius 2 is 1.55 bits per heavy atom. The summed E-state index contributed by atoms with van der Waals surface area (Å²) in [6, 6.07) is 13.4. The molecular formula is C17H16O5. The SMILES string of the molecule is COC(=O)c1cccc(C(=O)OCc2ccc(OC)cc2)c1. The molecule has 0 unspecified atom stereocenters. The van der Waals surface area contributed by atoms with Crippen molar-refractivity contribution in [3.05, 3.63) is 65.2 Å². The van der Waals surface area contributed by atoms with Gasteiger partial charge in [-0.1, -0.05) is 18.2 Å². The van der Waals surface area contributed by atoms with E-state index in [2.05, 4.69) is 4.74 Å². The topological polar surface area (TPSA) is 61.8 Å². The maximum atomic E-state index is 12.0. The minimum absolute atomic E-state index is 0.144. The molecule has 5 heteroatoms. The first-order chi connectivity index (χ1) is 10.6. The number of esters is 2. The van der Waals surface area contributed by atoms with Gasteiger partial charge < -0.3 is 14.2 Å². The van der Waals surface area contributed by atoms with Crippen LogP contribution < -0.4 is 4.74 Å². The molecule has 0 spiro atoms. The number of benzene rings is 2. The minimum Gasteiger partial charge on any atom is -0.497 e. The third-order valence-electron chi connectivity index (χ3n) is 3.05. The predicted molar refractivity (Wildman–Crippen MR) is 79.9 cm³/mol. The van der Waals surface area contributed by atoms with Crippen molar-refractivity contribution in [1.29, 1.82) is 0 Å². The van der Waals surface area contributed by atoms with Crippen LogP contribution in [0.3, 0.4) is 0 Å². The Labute approximate surface area is 128 Å². The van der Waals surface area contributed by atoms with Crippen molar-refractivity contribution in [1.82, 2.24) is 0 Å². The van der Waals surface area contributed by atoms with Gasteiger partial charge in [0.2, 0.25) is 0 Å². The monoisotopic (exact) mass is 300 g/mol. The first kappa shape index (κ1) is 15.6. The van der Waals surface area contributed by atoms with Crippen LogP contribution in [0.25, 0.3) is 0 Å². The second-order valence-corrected chi connectivity index (χ2v) is 4.50. The Hall–Kier alpha value is -2.82. The summed E-state index contributed by atoms with van der Waals surface area (Å²) in [5.41, 5.74) is 1.45. The number of ether oxygens (including phenoxy) is 3. The summed E-state index contributed by atoms with van der Waals surface area (Å²) < 4.78 is 14.9. The second kappa shape index (κ2) is 7.26. The van der Waals surface area contributed by atoms with Crippen LogP contribution >= 0.6 is 0 Å². The second-order valence-electron chi connectivity index (χ2n) is 4.50. The fourth-order valence-corrected chi connectivity index (χ4v) is 1.84. The Balaban J connectivity index is 2.01. The highest BCUT2D eigenvalue weighted by Crippen LogP contribution is 2.13. The van der Waals surface area contributed by atoms with Crippen molar-refractivity contribution in [2.45, 2.75) is 6.61 Å². The maximum absolute atomic E-state index is 12.0. The summed E-state index contributed by atoms with van der Waals surface area (Å²) in [4.78, 5) is 23.4. The van der Waals surface area contributed by atoms with Crippen molar-refractivity contribution in [3.8, 4) is 5.75 Å². The Bertz CT molecular complexity index is 661. The van der Waals surface area contributed by atoms with Gasteiger partial charge in [-0.15, -0.1) is 0 Å². The van der Waals surface area contributed by atoms with Crippen LogP contribution in [0.4, 0.5) is 0 Å². The van der Waals surface area contributed by atoms with Crippen LogP contribution in [0.15, 0.2) is 48.5 Å². The summed E-state index contributed by atoms with van der Waals surface area (Å²) in [6.45, 7) is 0.144. The number of hydrogen-bond acceptors (Lipinski definition) is 5. The molecule has 0 amide bonds. The molecule has 2 rings (SSSR count). The molecule has 0 fully saturated rings. The van der Waals surface area contributed by atoms with Gasteiger partial charge in [0.15, 0.2) is 0 Å². The summed E-state index contributed by atoms with van der Waals surface area (Å²) >= 11 is 0. The van der Waals surface area contributed by atoms with Crippen molar-refractivity contribution in [2.75, 3.05) is 14.2 Å². The number of hydrogen-bond donors (Lipinski definition) is 0. The highest BCUT2D eigenvalue weighted by atomic mass is 16.5. The molecule has 2 aromatic carbocycles. The lowest BCUT2D eigenvalue weighted by atomic mass is 10.1. The van der Waals surface area contributed by atoms with Gasteiger partial charge in [-0.3, -0.25) is 0 Å². The van der Waals surface area contributed by atoms with E-state index in [1.165, 1.54) is 13.2 Å². The molecule has 0 aliphatic heterocycles. The Kier molecular flexibility index (Phi) is 5.14. The van der Waals surface area contributed by atoms with Crippen molar-refractivity contribution in [2.24, 2.45) is 0 Å². The van der Waals surface area contributed by atoms with Gasteiger partial charge >= 0.3 is 11.9 Å². The van der Waals surface area contributed by atoms with E-state index in [0.29, 0.717) is 11.1 Å². The number of carbonyl (C=O) groups is 2. The zero-order valence-corrected chi connectivity index (χ0v) is 12.4. The Morgan fingerprint density at radius 3 is 2.14 bits per heavy atom. The molecule has 0 bridgehead atoms. The van der Waals surface area contributed by atoms with E-state index >= 15 is 0 Å². The molecule has 2 aromatic rings. The number of methoxy groups -OCH3 is 2. The minimum atomic E-state index is -0.499. The fraction of sp³-hybridized carbons (Fsp3) is 0.176. The normalized spacial score (nSPS) is 9.91. The molecule has 0 atom stereocenters. The lowest BCUT2D eigenvalue weighted by Gasteiger charge is -2.07. The summed E-state index contributed by atoms with van der Waals surface area (Å²) in [5, 5.41) is 0. The van der Waals surface area contributed by atoms with E-state index < -0.39 is 11.9 Å². The van der Waals surface area contributed by atoms with Crippen LogP contribution in [-0.4, -0.2) is 26.2 Å². The van der Waals surface area contributed by atoms with Gasteiger partial charge in [0.25, 0.3) is 0 Å². The van der Waals surface area contributed by atoms with Gasteiger partial charge in [0.05, 0.1) is 25.3 Å². The average molecular weight is 300 g/mol. The van der Waals surface area contributed by atoms with Gasteiger partial charge in [0, 0.05) is 0 Å². The first-order valence-electron chi connectivity index (χ1n) is 6.62. The van der Waals surface area contributed by atoms with E-state index in [-0.39, 0.29) is 6.61 Å². The molecule has 0 N–H and O–H groups in total. The maximum Gasteiger partial charge on any atom is 0.338 e. The number of carbonyl (C=O) groups excluding carboxylic acids is 2. The average Bonchev–Trinajstić information content (AvgIpc) is 2.59. The summed E-state index contributed by atoms with van der Waals surface area (Å²) in [7, 11) is 2.88. The van der Waals surface area contributed by atoms with Gasteiger partial charge in [0.1, 0.15) is 12.4 Å². The molecule has 5 nitrogen and oxygen atoms in total. The van der Waals surface area contributed by atoms with Gasteiger partial charge in [-0.2, -0.15) is 0 Å². The molecule has 22 heavy (non-hydrogen) atoms. The first-order valence-corrected chi connectivity index (χ1v) is 6.62. The van der Waals surface area contributed by atoms with E-state index in [0.717, 1.165) is 11.3 Å². The highest BCUT2D eigenvalue weighted by molar-refractivity contribution is 5.95. The van der Waals surface area contributed by atoms with Crippen molar-refractivity contribution in [3.63, 3.8) is 0 Å². The molecule has 0 saturated heterocycles. The van der Waals surface area contributed by atoms with Gasteiger partial charge in [-0.05, 0) is 35.9 Å². The van der Waals surface area contributed by atoms with Crippen LogP contribution in [-0.2, 0) is 16.1 Å². The van der Waals surface area contributed by atoms with Crippen molar-refractivity contribution < 1.29 is 23.8 Å². The molecule has 0 aliphatic rings. The van der Waals surface area contributed by atoms with Crippen LogP contribution in [0.5, 0.6) is 5.75 Å².